The molecule has 0 saturated carbocycles. The van der Waals surface area contributed by atoms with Gasteiger partial charge in [-0.15, -0.1) is 5.53 Å². The maximum atomic E-state index is 13.7. The second-order valence-electron chi connectivity index (χ2n) is 10.5. The van der Waals surface area contributed by atoms with Crippen LogP contribution in [0.15, 0.2) is 71.0 Å². The Balaban J connectivity index is 1.44. The van der Waals surface area contributed by atoms with Crippen molar-refractivity contribution in [3.63, 3.8) is 0 Å². The molecule has 232 valence electrons. The normalized spacial score (nSPS) is 18.8. The van der Waals surface area contributed by atoms with Gasteiger partial charge in [0.05, 0.1) is 37.1 Å². The third kappa shape index (κ3) is 7.62. The molecular weight excluding hydrogens is 607 g/mol. The molecule has 3 heterocycles. The van der Waals surface area contributed by atoms with Gasteiger partial charge in [0, 0.05) is 35.4 Å². The van der Waals surface area contributed by atoms with E-state index in [1.54, 1.807) is 34.2 Å². The van der Waals surface area contributed by atoms with Crippen LogP contribution in [0.5, 0.6) is 0 Å². The maximum Gasteiger partial charge on any atom is 0.406 e. The standard InChI is InChI=1S/C30H34Cl2N8O4/c1-44-30(43)34-13-11-23-29(42)33-12-4-2-3-8-25(19-6-5-7-21(14-19)36-23)39-18-35-24(16-28(39)41)22-15-20(31)9-10-26(22)40-17-27(32)37-38-40/h5-7,9-10,14-18,23,25,36-38H,2-4,8,11-13H2,1H3,(H,33,42)(H,34,43)/t23-,25+/m1/s1. The molecule has 2 atom stereocenters. The molecular formula is C30H34Cl2N8O4. The fourth-order valence-electron chi connectivity index (χ4n) is 5.27. The molecule has 5 rings (SSSR count). The van der Waals surface area contributed by atoms with Crippen LogP contribution in [0.3, 0.4) is 0 Å². The van der Waals surface area contributed by atoms with Crippen LogP contribution >= 0.6 is 23.2 Å². The summed E-state index contributed by atoms with van der Waals surface area (Å²) in [5, 5.41) is 11.5. The summed E-state index contributed by atoms with van der Waals surface area (Å²) in [7, 11) is 1.29. The van der Waals surface area contributed by atoms with Crippen molar-refractivity contribution in [3.05, 3.63) is 87.2 Å². The number of anilines is 2. The Hall–Kier alpha value is -4.26. The zero-order valence-corrected chi connectivity index (χ0v) is 25.6. The van der Waals surface area contributed by atoms with Crippen molar-refractivity contribution in [2.75, 3.05) is 30.5 Å². The number of nitrogens with zero attached hydrogens (tertiary/aromatic N) is 3. The summed E-state index contributed by atoms with van der Waals surface area (Å²) in [6.45, 7) is 0.791. The highest BCUT2D eigenvalue weighted by Crippen LogP contribution is 2.33. The van der Waals surface area contributed by atoms with E-state index in [4.69, 9.17) is 28.2 Å². The summed E-state index contributed by atoms with van der Waals surface area (Å²) in [6.07, 6.45) is 6.28. The van der Waals surface area contributed by atoms with E-state index in [1.165, 1.54) is 13.2 Å². The highest BCUT2D eigenvalue weighted by molar-refractivity contribution is 6.31. The Morgan fingerprint density at radius 1 is 1.11 bits per heavy atom. The number of alkyl carbamates (subject to hydrolysis) is 1. The molecule has 0 unspecified atom stereocenters. The SMILES string of the molecule is COC(=O)NCC[C@H]1Nc2cccc(c2)[C@@H](n2cnc(-c3cc(Cl)ccc3N3C=C(Cl)NN3)cc2=O)CCCCCNC1=O. The predicted molar refractivity (Wildman–Crippen MR) is 170 cm³/mol. The van der Waals surface area contributed by atoms with E-state index in [-0.39, 0.29) is 24.1 Å². The number of carbonyl (C=O) groups excluding carboxylic acids is 2. The average Bonchev–Trinajstić information content (AvgIpc) is 3.46. The smallest absolute Gasteiger partial charge is 0.406 e. The minimum absolute atomic E-state index is 0.146. The van der Waals surface area contributed by atoms with Crippen LogP contribution < -0.4 is 37.5 Å². The third-order valence-corrected chi connectivity index (χ3v) is 7.90. The van der Waals surface area contributed by atoms with Gasteiger partial charge in [0.25, 0.3) is 5.56 Å². The molecule has 14 heteroatoms. The first kappa shape index (κ1) is 31.2. The van der Waals surface area contributed by atoms with Crippen molar-refractivity contribution in [3.8, 4) is 11.3 Å². The lowest BCUT2D eigenvalue weighted by molar-refractivity contribution is -0.121. The second kappa shape index (κ2) is 14.5. The summed E-state index contributed by atoms with van der Waals surface area (Å²) in [5.74, 6) is -0.146. The van der Waals surface area contributed by atoms with Gasteiger partial charge in [0.1, 0.15) is 11.2 Å². The number of rotatable bonds is 6. The van der Waals surface area contributed by atoms with Crippen LogP contribution in [0.2, 0.25) is 5.02 Å². The summed E-state index contributed by atoms with van der Waals surface area (Å²) >= 11 is 12.4. The molecule has 2 amide bonds. The van der Waals surface area contributed by atoms with Crippen molar-refractivity contribution < 1.29 is 14.3 Å². The maximum absolute atomic E-state index is 13.7. The van der Waals surface area contributed by atoms with Crippen molar-refractivity contribution in [1.82, 2.24) is 31.1 Å². The average molecular weight is 642 g/mol. The van der Waals surface area contributed by atoms with Gasteiger partial charge in [0.2, 0.25) is 5.91 Å². The van der Waals surface area contributed by atoms with E-state index in [2.05, 4.69) is 31.6 Å². The van der Waals surface area contributed by atoms with Gasteiger partial charge < -0.3 is 20.7 Å². The Labute approximate surface area is 264 Å². The monoisotopic (exact) mass is 640 g/mol. The number of ether oxygens (including phenoxy) is 1. The predicted octanol–water partition coefficient (Wildman–Crippen LogP) is 4.24. The molecule has 0 fully saturated rings. The number of fused-ring (bicyclic) bond motifs is 2. The highest BCUT2D eigenvalue weighted by atomic mass is 35.5. The molecule has 44 heavy (non-hydrogen) atoms. The molecule has 0 radical (unpaired) electrons. The molecule has 2 bridgehead atoms. The molecule has 2 aliphatic heterocycles. The van der Waals surface area contributed by atoms with Gasteiger partial charge in [-0.3, -0.25) is 24.6 Å². The van der Waals surface area contributed by atoms with E-state index >= 15 is 0 Å². The van der Waals surface area contributed by atoms with Gasteiger partial charge in [-0.25, -0.2) is 9.78 Å². The van der Waals surface area contributed by atoms with E-state index in [0.717, 1.165) is 30.5 Å². The summed E-state index contributed by atoms with van der Waals surface area (Å²) < 4.78 is 6.29. The first-order valence-corrected chi connectivity index (χ1v) is 15.1. The fourth-order valence-corrected chi connectivity index (χ4v) is 5.59. The van der Waals surface area contributed by atoms with Gasteiger partial charge in [0.15, 0.2) is 0 Å². The largest absolute Gasteiger partial charge is 0.453 e. The first-order chi connectivity index (χ1) is 21.3. The van der Waals surface area contributed by atoms with Crippen LogP contribution in [0.4, 0.5) is 16.2 Å². The minimum atomic E-state index is -0.581. The number of benzene rings is 2. The topological polar surface area (TPSA) is 142 Å². The number of carbonyl (C=O) groups is 2. The van der Waals surface area contributed by atoms with Gasteiger partial charge in [-0.1, -0.05) is 48.2 Å². The number of hydrogen-bond acceptors (Lipinski definition) is 9. The lowest BCUT2D eigenvalue weighted by Crippen LogP contribution is -2.42. The Bertz CT molecular complexity index is 1600. The molecule has 1 aromatic heterocycles. The summed E-state index contributed by atoms with van der Waals surface area (Å²) in [4.78, 5) is 42.9. The zero-order valence-electron chi connectivity index (χ0n) is 24.1. The molecule has 5 N–H and O–H groups in total. The van der Waals surface area contributed by atoms with Crippen molar-refractivity contribution in [2.45, 2.75) is 44.2 Å². The van der Waals surface area contributed by atoms with Crippen molar-refractivity contribution >= 4 is 46.6 Å². The Kier molecular flexibility index (Phi) is 10.3. The van der Waals surface area contributed by atoms with E-state index in [0.29, 0.717) is 46.5 Å². The number of amides is 2. The van der Waals surface area contributed by atoms with Crippen LogP contribution in [-0.2, 0) is 9.53 Å². The Morgan fingerprint density at radius 3 is 2.75 bits per heavy atom. The lowest BCUT2D eigenvalue weighted by Gasteiger charge is -2.23. The summed E-state index contributed by atoms with van der Waals surface area (Å²) in [6, 6.07) is 13.7. The molecule has 0 saturated heterocycles. The lowest BCUT2D eigenvalue weighted by atomic mass is 9.99. The van der Waals surface area contributed by atoms with Crippen LogP contribution in [0, 0.1) is 0 Å². The number of aromatic nitrogens is 2. The van der Waals surface area contributed by atoms with Crippen LogP contribution in [-0.4, -0.2) is 47.8 Å². The van der Waals surface area contributed by atoms with Gasteiger partial charge >= 0.3 is 6.09 Å². The molecule has 2 aliphatic rings. The van der Waals surface area contributed by atoms with Crippen LogP contribution in [0.1, 0.15) is 43.7 Å². The third-order valence-electron chi connectivity index (χ3n) is 7.47. The highest BCUT2D eigenvalue weighted by Gasteiger charge is 2.23. The number of hydrazine groups is 2. The number of methoxy groups -OCH3 is 1. The van der Waals surface area contributed by atoms with E-state index < -0.39 is 12.1 Å². The molecule has 12 nitrogen and oxygen atoms in total. The van der Waals surface area contributed by atoms with Crippen LogP contribution in [0.25, 0.3) is 11.3 Å². The first-order valence-electron chi connectivity index (χ1n) is 14.3. The van der Waals surface area contributed by atoms with E-state index in [9.17, 15) is 14.4 Å². The van der Waals surface area contributed by atoms with Crippen molar-refractivity contribution in [1.29, 1.82) is 0 Å². The minimum Gasteiger partial charge on any atom is -0.453 e. The number of hydrogen-bond donors (Lipinski definition) is 5. The van der Waals surface area contributed by atoms with Gasteiger partial charge in [-0.2, -0.15) is 0 Å². The molecule has 0 spiro atoms. The number of nitrogens with one attached hydrogen (secondary N) is 5. The zero-order chi connectivity index (χ0) is 31.1. The molecule has 2 aromatic carbocycles. The summed E-state index contributed by atoms with van der Waals surface area (Å²) in [5.41, 5.74) is 9.02. The van der Waals surface area contributed by atoms with Crippen molar-refractivity contribution in [2.24, 2.45) is 0 Å². The number of halogens is 2. The molecule has 3 aromatic rings. The Morgan fingerprint density at radius 2 is 1.98 bits per heavy atom. The van der Waals surface area contributed by atoms with Gasteiger partial charge in [-0.05, 0) is 55.2 Å². The quantitative estimate of drug-likeness (QED) is 0.250. The fraction of sp³-hybridized carbons (Fsp3) is 0.333. The molecule has 0 aliphatic carbocycles. The second-order valence-corrected chi connectivity index (χ2v) is 11.3. The van der Waals surface area contributed by atoms with E-state index in [1.807, 2.05) is 30.3 Å².